The molecule has 0 radical (unpaired) electrons. The van der Waals surface area contributed by atoms with Crippen LogP contribution >= 0.6 is 0 Å². The Bertz CT molecular complexity index is 1030. The van der Waals surface area contributed by atoms with Gasteiger partial charge in [0.2, 0.25) is 0 Å². The fourth-order valence-corrected chi connectivity index (χ4v) is 6.30. The first-order valence-corrected chi connectivity index (χ1v) is 14.0. The zero-order valence-corrected chi connectivity index (χ0v) is 22.7. The molecule has 38 heavy (non-hydrogen) atoms. The third kappa shape index (κ3) is 6.06. The Morgan fingerprint density at radius 2 is 1.63 bits per heavy atom. The lowest BCUT2D eigenvalue weighted by Crippen LogP contribution is -2.71. The van der Waals surface area contributed by atoms with Crippen LogP contribution in [0.2, 0.25) is 0 Å². The van der Waals surface area contributed by atoms with Gasteiger partial charge in [-0.3, -0.25) is 0 Å². The summed E-state index contributed by atoms with van der Waals surface area (Å²) in [6, 6.07) is 20.5. The largest absolute Gasteiger partial charge is 0.390 e. The lowest BCUT2D eigenvalue weighted by Gasteiger charge is -2.60. The minimum Gasteiger partial charge on any atom is -0.390 e. The number of hydrogen-bond acceptors (Lipinski definition) is 6. The van der Waals surface area contributed by atoms with Gasteiger partial charge in [0.25, 0.3) is 0 Å². The molecule has 3 heterocycles. The maximum absolute atomic E-state index is 10.7. The fourth-order valence-electron chi connectivity index (χ4n) is 6.30. The van der Waals surface area contributed by atoms with E-state index < -0.39 is 23.4 Å². The van der Waals surface area contributed by atoms with Crippen molar-refractivity contribution in [1.29, 1.82) is 0 Å². The van der Waals surface area contributed by atoms with Gasteiger partial charge in [-0.25, -0.2) is 0 Å². The SMILES string of the molecule is C=C[C@H]1O[C@H]2C[C@H]3O[C@@H](CCCOCc4ccccc4)C[C@H](OCc4ccccc4)[C@]3(C)O[C@]2(C)C[C@@H]1O. The van der Waals surface area contributed by atoms with Crippen LogP contribution in [0.5, 0.6) is 0 Å². The van der Waals surface area contributed by atoms with Gasteiger partial charge in [-0.05, 0) is 37.8 Å². The summed E-state index contributed by atoms with van der Waals surface area (Å²) in [5, 5.41) is 10.7. The lowest BCUT2D eigenvalue weighted by atomic mass is 9.73. The van der Waals surface area contributed by atoms with Crippen LogP contribution in [0.25, 0.3) is 0 Å². The van der Waals surface area contributed by atoms with E-state index in [1.807, 2.05) is 43.3 Å². The molecule has 6 nitrogen and oxygen atoms in total. The minimum atomic E-state index is -0.648. The summed E-state index contributed by atoms with van der Waals surface area (Å²) in [7, 11) is 0. The Balaban J connectivity index is 1.25. The molecule has 3 aliphatic heterocycles. The van der Waals surface area contributed by atoms with E-state index in [-0.39, 0.29) is 24.4 Å². The molecular formula is C32H42O6. The molecule has 3 fully saturated rings. The van der Waals surface area contributed by atoms with Crippen molar-refractivity contribution in [2.24, 2.45) is 0 Å². The minimum absolute atomic E-state index is 0.0477. The average molecular weight is 523 g/mol. The standard InChI is InChI=1S/C32H42O6/c1-4-27-26(33)20-31(2)28(37-27)19-30-32(3,38-31)29(35-22-24-14-9-6-10-15-24)18-25(36-30)16-11-17-34-21-23-12-7-5-8-13-23/h4-10,12-15,25-30,33H,1,11,16-22H2,2-3H3/t25-,26-,27+,28-,29-,30+,31+,32-/m0/s1. The summed E-state index contributed by atoms with van der Waals surface area (Å²) in [6.45, 7) is 9.83. The Morgan fingerprint density at radius 1 is 0.947 bits per heavy atom. The Kier molecular flexibility index (Phi) is 8.68. The summed E-state index contributed by atoms with van der Waals surface area (Å²) in [4.78, 5) is 0. The number of aliphatic hydroxyl groups is 1. The molecule has 2 aromatic rings. The number of hydrogen-bond donors (Lipinski definition) is 1. The highest BCUT2D eigenvalue weighted by molar-refractivity contribution is 5.15. The van der Waals surface area contributed by atoms with Crippen molar-refractivity contribution in [1.82, 2.24) is 0 Å². The van der Waals surface area contributed by atoms with Gasteiger partial charge in [-0.2, -0.15) is 0 Å². The van der Waals surface area contributed by atoms with E-state index in [0.717, 1.165) is 24.8 Å². The smallest absolute Gasteiger partial charge is 0.119 e. The first-order valence-electron chi connectivity index (χ1n) is 14.0. The van der Waals surface area contributed by atoms with E-state index in [9.17, 15) is 5.11 Å². The van der Waals surface area contributed by atoms with Crippen LogP contribution < -0.4 is 0 Å². The number of fused-ring (bicyclic) bond motifs is 2. The summed E-state index contributed by atoms with van der Waals surface area (Å²) in [5.74, 6) is 0. The number of aliphatic hydroxyl groups excluding tert-OH is 1. The van der Waals surface area contributed by atoms with Gasteiger partial charge in [0.1, 0.15) is 11.7 Å². The molecule has 2 aromatic carbocycles. The van der Waals surface area contributed by atoms with Crippen LogP contribution in [0.3, 0.4) is 0 Å². The molecular weight excluding hydrogens is 480 g/mol. The predicted molar refractivity (Wildman–Crippen MR) is 146 cm³/mol. The first kappa shape index (κ1) is 27.5. The monoisotopic (exact) mass is 522 g/mol. The van der Waals surface area contributed by atoms with Gasteiger partial charge >= 0.3 is 0 Å². The van der Waals surface area contributed by atoms with Gasteiger partial charge in [0.05, 0.1) is 49.3 Å². The maximum atomic E-state index is 10.7. The zero-order valence-electron chi connectivity index (χ0n) is 22.7. The van der Waals surface area contributed by atoms with Gasteiger partial charge < -0.3 is 28.8 Å². The van der Waals surface area contributed by atoms with Crippen LogP contribution in [-0.2, 0) is 36.9 Å². The molecule has 1 N–H and O–H groups in total. The summed E-state index contributed by atoms with van der Waals surface area (Å²) >= 11 is 0. The van der Waals surface area contributed by atoms with Gasteiger partial charge in [-0.1, -0.05) is 66.7 Å². The Hall–Kier alpha value is -2.06. The fraction of sp³-hybridized carbons (Fsp3) is 0.562. The molecule has 3 aliphatic rings. The van der Waals surface area contributed by atoms with E-state index in [2.05, 4.69) is 37.8 Å². The van der Waals surface area contributed by atoms with Crippen molar-refractivity contribution in [2.75, 3.05) is 6.61 Å². The van der Waals surface area contributed by atoms with E-state index >= 15 is 0 Å². The highest BCUT2D eigenvalue weighted by Crippen LogP contribution is 2.50. The van der Waals surface area contributed by atoms with Crippen molar-refractivity contribution < 1.29 is 28.8 Å². The Labute approximate surface area is 226 Å². The van der Waals surface area contributed by atoms with Crippen molar-refractivity contribution in [3.8, 4) is 0 Å². The third-order valence-electron chi connectivity index (χ3n) is 8.44. The van der Waals surface area contributed by atoms with Gasteiger partial charge in [-0.15, -0.1) is 6.58 Å². The molecule has 6 heteroatoms. The average Bonchev–Trinajstić information content (AvgIpc) is 2.91. The molecule has 206 valence electrons. The van der Waals surface area contributed by atoms with E-state index in [0.29, 0.717) is 32.7 Å². The van der Waals surface area contributed by atoms with Crippen molar-refractivity contribution in [3.63, 3.8) is 0 Å². The molecule has 0 aliphatic carbocycles. The van der Waals surface area contributed by atoms with Crippen LogP contribution in [-0.4, -0.2) is 59.5 Å². The zero-order chi connectivity index (χ0) is 26.6. The van der Waals surface area contributed by atoms with Crippen molar-refractivity contribution in [3.05, 3.63) is 84.4 Å². The molecule has 0 unspecified atom stereocenters. The van der Waals surface area contributed by atoms with Crippen LogP contribution in [0.15, 0.2) is 73.3 Å². The lowest BCUT2D eigenvalue weighted by molar-refractivity contribution is -0.357. The molecule has 0 amide bonds. The Morgan fingerprint density at radius 3 is 2.32 bits per heavy atom. The van der Waals surface area contributed by atoms with Crippen LogP contribution in [0, 0.1) is 0 Å². The summed E-state index contributed by atoms with van der Waals surface area (Å²) < 4.78 is 32.4. The molecule has 0 spiro atoms. The summed E-state index contributed by atoms with van der Waals surface area (Å²) in [6.07, 6.45) is 3.91. The van der Waals surface area contributed by atoms with Crippen molar-refractivity contribution in [2.45, 2.75) is 107 Å². The molecule has 0 saturated carbocycles. The van der Waals surface area contributed by atoms with Gasteiger partial charge in [0.15, 0.2) is 0 Å². The van der Waals surface area contributed by atoms with Crippen LogP contribution in [0.4, 0.5) is 0 Å². The predicted octanol–water partition coefficient (Wildman–Crippen LogP) is 5.37. The highest BCUT2D eigenvalue weighted by atomic mass is 16.6. The van der Waals surface area contributed by atoms with E-state index in [1.54, 1.807) is 6.08 Å². The highest BCUT2D eigenvalue weighted by Gasteiger charge is 2.61. The molecule has 0 bridgehead atoms. The molecule has 5 rings (SSSR count). The number of rotatable bonds is 10. The number of ether oxygens (including phenoxy) is 5. The maximum Gasteiger partial charge on any atom is 0.119 e. The van der Waals surface area contributed by atoms with E-state index in [4.69, 9.17) is 23.7 Å². The van der Waals surface area contributed by atoms with Crippen molar-refractivity contribution >= 4 is 0 Å². The molecule has 8 atom stereocenters. The second-order valence-electron chi connectivity index (χ2n) is 11.4. The first-order chi connectivity index (χ1) is 18.4. The molecule has 3 saturated heterocycles. The second kappa shape index (κ2) is 12.0. The normalized spacial score (nSPS) is 36.7. The molecule has 0 aromatic heterocycles. The summed E-state index contributed by atoms with van der Waals surface area (Å²) in [5.41, 5.74) is 1.05. The van der Waals surface area contributed by atoms with E-state index in [1.165, 1.54) is 5.56 Å². The second-order valence-corrected chi connectivity index (χ2v) is 11.4. The quantitative estimate of drug-likeness (QED) is 0.334. The van der Waals surface area contributed by atoms with Gasteiger partial charge in [0, 0.05) is 25.9 Å². The number of benzene rings is 2. The third-order valence-corrected chi connectivity index (χ3v) is 8.44. The topological polar surface area (TPSA) is 66.4 Å². The van der Waals surface area contributed by atoms with Crippen LogP contribution in [0.1, 0.15) is 57.1 Å².